The molecular weight excluding hydrogens is 352 g/mol. The largest absolute Gasteiger partial charge is 0.352 e. The second kappa shape index (κ2) is 7.80. The van der Waals surface area contributed by atoms with E-state index in [-0.39, 0.29) is 5.91 Å². The van der Waals surface area contributed by atoms with Crippen molar-refractivity contribution >= 4 is 11.7 Å². The van der Waals surface area contributed by atoms with Crippen molar-refractivity contribution < 1.29 is 4.79 Å². The highest BCUT2D eigenvalue weighted by Gasteiger charge is 2.22. The minimum atomic E-state index is 0.186. The lowest BCUT2D eigenvalue weighted by molar-refractivity contribution is -0.130. The van der Waals surface area contributed by atoms with E-state index in [1.807, 2.05) is 65.9 Å². The van der Waals surface area contributed by atoms with Crippen LogP contribution in [0.3, 0.4) is 0 Å². The first-order chi connectivity index (χ1) is 13.6. The molecule has 0 atom stereocenters. The molecule has 1 fully saturated rings. The maximum Gasteiger partial charge on any atom is 0.227 e. The number of anilines is 1. The molecule has 7 nitrogen and oxygen atoms in total. The monoisotopic (exact) mass is 376 g/mol. The second-order valence-electron chi connectivity index (χ2n) is 7.07. The Morgan fingerprint density at radius 3 is 2.32 bits per heavy atom. The van der Waals surface area contributed by atoms with Gasteiger partial charge in [-0.2, -0.15) is 0 Å². The fraction of sp³-hybridized carbons (Fsp3) is 0.333. The maximum atomic E-state index is 12.6. The number of hydrogen-bond acceptors (Lipinski definition) is 5. The molecule has 7 heteroatoms. The van der Waals surface area contributed by atoms with Crippen LogP contribution in [-0.2, 0) is 11.2 Å². The Morgan fingerprint density at radius 2 is 1.68 bits per heavy atom. The van der Waals surface area contributed by atoms with Gasteiger partial charge >= 0.3 is 0 Å². The Kier molecular flexibility index (Phi) is 5.06. The molecule has 4 rings (SSSR count). The van der Waals surface area contributed by atoms with Crippen molar-refractivity contribution in [2.75, 3.05) is 31.1 Å². The fourth-order valence-corrected chi connectivity index (χ4v) is 3.50. The van der Waals surface area contributed by atoms with Gasteiger partial charge in [0.05, 0.1) is 6.42 Å². The van der Waals surface area contributed by atoms with E-state index in [0.29, 0.717) is 19.5 Å². The van der Waals surface area contributed by atoms with Crippen molar-refractivity contribution in [1.29, 1.82) is 0 Å². The van der Waals surface area contributed by atoms with Gasteiger partial charge in [0.1, 0.15) is 5.82 Å². The van der Waals surface area contributed by atoms with Gasteiger partial charge in [0.25, 0.3) is 0 Å². The summed E-state index contributed by atoms with van der Waals surface area (Å²) in [4.78, 5) is 21.0. The number of hydrogen-bond donors (Lipinski definition) is 0. The molecular formula is C21H24N6O. The second-order valence-corrected chi connectivity index (χ2v) is 7.07. The zero-order valence-electron chi connectivity index (χ0n) is 16.2. The fourth-order valence-electron chi connectivity index (χ4n) is 3.50. The van der Waals surface area contributed by atoms with Crippen molar-refractivity contribution in [2.24, 2.45) is 0 Å². The summed E-state index contributed by atoms with van der Waals surface area (Å²) in [7, 11) is 0. The molecule has 0 unspecified atom stereocenters. The number of amides is 1. The highest BCUT2D eigenvalue weighted by atomic mass is 16.2. The molecule has 0 aliphatic carbocycles. The first kappa shape index (κ1) is 18.2. The number of carbonyl (C=O) groups is 1. The molecule has 2 aromatic heterocycles. The van der Waals surface area contributed by atoms with Gasteiger partial charge in [0.2, 0.25) is 5.91 Å². The zero-order valence-corrected chi connectivity index (χ0v) is 16.2. The van der Waals surface area contributed by atoms with Crippen LogP contribution in [0.15, 0.2) is 48.8 Å². The van der Waals surface area contributed by atoms with Crippen molar-refractivity contribution in [3.05, 3.63) is 65.7 Å². The van der Waals surface area contributed by atoms with Crippen LogP contribution < -0.4 is 4.90 Å². The van der Waals surface area contributed by atoms with Crippen LogP contribution >= 0.6 is 0 Å². The Labute approximate surface area is 164 Å². The standard InChI is InChI=1S/C21H24N6O/c1-16-5-3-4-6-18(16)15-21(28)26-13-11-25(12-14-26)19-7-8-20(24-23-19)27-10-9-22-17(27)2/h3-10H,11-15H2,1-2H3. The molecule has 3 aromatic rings. The van der Waals surface area contributed by atoms with Gasteiger partial charge in [-0.15, -0.1) is 10.2 Å². The first-order valence-electron chi connectivity index (χ1n) is 9.53. The highest BCUT2D eigenvalue weighted by Crippen LogP contribution is 2.16. The zero-order chi connectivity index (χ0) is 19.5. The minimum Gasteiger partial charge on any atom is -0.352 e. The van der Waals surface area contributed by atoms with Gasteiger partial charge in [-0.25, -0.2) is 4.98 Å². The molecule has 28 heavy (non-hydrogen) atoms. The van der Waals surface area contributed by atoms with Crippen LogP contribution in [0.2, 0.25) is 0 Å². The number of benzene rings is 1. The molecule has 1 aliphatic rings. The van der Waals surface area contributed by atoms with Gasteiger partial charge in [-0.1, -0.05) is 24.3 Å². The number of aromatic nitrogens is 4. The number of rotatable bonds is 4. The lowest BCUT2D eigenvalue weighted by atomic mass is 10.1. The van der Waals surface area contributed by atoms with Gasteiger partial charge in [0.15, 0.2) is 11.6 Å². The molecule has 1 aromatic carbocycles. The number of imidazole rings is 1. The van der Waals surface area contributed by atoms with E-state index >= 15 is 0 Å². The third-order valence-electron chi connectivity index (χ3n) is 5.27. The van der Waals surface area contributed by atoms with Crippen LogP contribution in [0.5, 0.6) is 0 Å². The summed E-state index contributed by atoms with van der Waals surface area (Å²) >= 11 is 0. The summed E-state index contributed by atoms with van der Waals surface area (Å²) in [5.74, 6) is 2.66. The lowest BCUT2D eigenvalue weighted by Crippen LogP contribution is -2.49. The predicted octanol–water partition coefficient (Wildman–Crippen LogP) is 2.17. The molecule has 1 saturated heterocycles. The SMILES string of the molecule is Cc1ccccc1CC(=O)N1CCN(c2ccc(-n3ccnc3C)nn2)CC1. The lowest BCUT2D eigenvalue weighted by Gasteiger charge is -2.35. The van der Waals surface area contributed by atoms with Crippen molar-refractivity contribution in [2.45, 2.75) is 20.3 Å². The van der Waals surface area contributed by atoms with Gasteiger partial charge in [0, 0.05) is 38.6 Å². The van der Waals surface area contributed by atoms with E-state index in [9.17, 15) is 4.79 Å². The number of aryl methyl sites for hydroxylation is 2. The summed E-state index contributed by atoms with van der Waals surface area (Å²) in [5.41, 5.74) is 2.27. The number of nitrogens with zero attached hydrogens (tertiary/aromatic N) is 6. The Bertz CT molecular complexity index is 957. The van der Waals surface area contributed by atoms with E-state index < -0.39 is 0 Å². The van der Waals surface area contributed by atoms with Crippen LogP contribution in [0, 0.1) is 13.8 Å². The van der Waals surface area contributed by atoms with E-state index in [2.05, 4.69) is 20.1 Å². The molecule has 1 aliphatic heterocycles. The summed E-state index contributed by atoms with van der Waals surface area (Å²) in [5, 5.41) is 8.70. The molecule has 0 saturated carbocycles. The maximum absolute atomic E-state index is 12.6. The Balaban J connectivity index is 1.35. The first-order valence-corrected chi connectivity index (χ1v) is 9.53. The van der Waals surface area contributed by atoms with Crippen LogP contribution in [0.4, 0.5) is 5.82 Å². The van der Waals surface area contributed by atoms with Crippen molar-refractivity contribution in [3.63, 3.8) is 0 Å². The van der Waals surface area contributed by atoms with E-state index in [0.717, 1.165) is 41.7 Å². The molecule has 0 spiro atoms. The van der Waals surface area contributed by atoms with Crippen LogP contribution in [0.25, 0.3) is 5.82 Å². The third-order valence-corrected chi connectivity index (χ3v) is 5.27. The van der Waals surface area contributed by atoms with Crippen LogP contribution in [0.1, 0.15) is 17.0 Å². The third kappa shape index (κ3) is 3.74. The molecule has 0 bridgehead atoms. The van der Waals surface area contributed by atoms with Crippen molar-refractivity contribution in [3.8, 4) is 5.82 Å². The molecule has 3 heterocycles. The number of piperazine rings is 1. The molecule has 0 radical (unpaired) electrons. The van der Waals surface area contributed by atoms with Gasteiger partial charge < -0.3 is 9.80 Å². The summed E-state index contributed by atoms with van der Waals surface area (Å²) in [6.07, 6.45) is 4.08. The predicted molar refractivity (Wildman–Crippen MR) is 108 cm³/mol. The van der Waals surface area contributed by atoms with E-state index in [1.54, 1.807) is 6.20 Å². The average Bonchev–Trinajstić information content (AvgIpc) is 3.16. The molecule has 1 amide bonds. The smallest absolute Gasteiger partial charge is 0.227 e. The Hall–Kier alpha value is -3.22. The summed E-state index contributed by atoms with van der Waals surface area (Å²) in [6.45, 7) is 6.91. The summed E-state index contributed by atoms with van der Waals surface area (Å²) in [6, 6.07) is 12.0. The van der Waals surface area contributed by atoms with Gasteiger partial charge in [-0.3, -0.25) is 9.36 Å². The molecule has 144 valence electrons. The minimum absolute atomic E-state index is 0.186. The normalized spacial score (nSPS) is 14.4. The van der Waals surface area contributed by atoms with Gasteiger partial charge in [-0.05, 0) is 37.1 Å². The van der Waals surface area contributed by atoms with E-state index in [1.165, 1.54) is 0 Å². The molecule has 0 N–H and O–H groups in total. The highest BCUT2D eigenvalue weighted by molar-refractivity contribution is 5.79. The summed E-state index contributed by atoms with van der Waals surface area (Å²) < 4.78 is 1.90. The van der Waals surface area contributed by atoms with Crippen LogP contribution in [-0.4, -0.2) is 56.7 Å². The van der Waals surface area contributed by atoms with E-state index in [4.69, 9.17) is 0 Å². The Morgan fingerprint density at radius 1 is 0.964 bits per heavy atom. The number of carbonyl (C=O) groups excluding carboxylic acids is 1. The van der Waals surface area contributed by atoms with Crippen molar-refractivity contribution in [1.82, 2.24) is 24.6 Å². The topological polar surface area (TPSA) is 67.2 Å². The average molecular weight is 376 g/mol. The quantitative estimate of drug-likeness (QED) is 0.698.